The zero-order valence-electron chi connectivity index (χ0n) is 25.1. The molecule has 13 nitrogen and oxygen atoms in total. The number of nitriles is 1. The highest BCUT2D eigenvalue weighted by molar-refractivity contribution is 7.89. The zero-order chi connectivity index (χ0) is 32.2. The number of carbonyl (C=O) groups excluding carboxylic acids is 1. The molecule has 1 aliphatic rings. The molecule has 0 saturated heterocycles. The molecule has 0 spiro atoms. The van der Waals surface area contributed by atoms with Gasteiger partial charge in [0.05, 0.1) is 23.2 Å². The first kappa shape index (κ1) is 33.3. The Labute approximate surface area is 262 Å². The summed E-state index contributed by atoms with van der Waals surface area (Å²) in [6.45, 7) is 4.74. The Morgan fingerprint density at radius 1 is 1.09 bits per heavy atom. The number of benzene rings is 2. The predicted molar refractivity (Wildman–Crippen MR) is 165 cm³/mol. The van der Waals surface area contributed by atoms with E-state index in [1.54, 1.807) is 32.0 Å². The number of amides is 1. The Morgan fingerprint density at radius 2 is 1.87 bits per heavy atom. The Hall–Kier alpha value is -4.58. The maximum atomic E-state index is 12.7. The molecule has 0 radical (unpaired) electrons. The number of aromatic nitrogens is 1. The van der Waals surface area contributed by atoms with Crippen LogP contribution in [0.15, 0.2) is 65.7 Å². The van der Waals surface area contributed by atoms with Crippen LogP contribution in [0.25, 0.3) is 0 Å². The van der Waals surface area contributed by atoms with Gasteiger partial charge in [0.25, 0.3) is 0 Å². The van der Waals surface area contributed by atoms with Crippen molar-refractivity contribution in [2.45, 2.75) is 43.8 Å². The number of fused-ring (bicyclic) bond motifs is 1. The van der Waals surface area contributed by atoms with E-state index in [1.165, 1.54) is 18.3 Å². The highest BCUT2D eigenvalue weighted by Crippen LogP contribution is 2.33. The minimum Gasteiger partial charge on any atom is -0.494 e. The van der Waals surface area contributed by atoms with Gasteiger partial charge >= 0.3 is 6.09 Å². The number of aliphatic hydroxyl groups is 1. The minimum atomic E-state index is -3.79. The Morgan fingerprint density at radius 3 is 2.58 bits per heavy atom. The predicted octanol–water partition coefficient (Wildman–Crippen LogP) is 3.20. The quantitative estimate of drug-likeness (QED) is 0.169. The molecule has 240 valence electrons. The van der Waals surface area contributed by atoms with Crippen molar-refractivity contribution in [3.63, 3.8) is 0 Å². The summed E-state index contributed by atoms with van der Waals surface area (Å²) in [6, 6.07) is 17.2. The molecule has 0 fully saturated rings. The third kappa shape index (κ3) is 10.2. The van der Waals surface area contributed by atoms with E-state index in [0.717, 1.165) is 12.0 Å². The van der Waals surface area contributed by atoms with Crippen molar-refractivity contribution in [2.24, 2.45) is 5.92 Å². The Bertz CT molecular complexity index is 1560. The number of nitrogens with zero attached hydrogens (tertiary/aromatic N) is 2. The summed E-state index contributed by atoms with van der Waals surface area (Å²) >= 11 is 0. The summed E-state index contributed by atoms with van der Waals surface area (Å²) in [5, 5.41) is 24.9. The maximum absolute atomic E-state index is 12.7. The molecule has 1 aromatic heterocycles. The fourth-order valence-electron chi connectivity index (χ4n) is 4.20. The van der Waals surface area contributed by atoms with Gasteiger partial charge in [-0.3, -0.25) is 0 Å². The van der Waals surface area contributed by atoms with Crippen LogP contribution in [0.3, 0.4) is 0 Å². The fraction of sp³-hybridized carbons (Fsp3) is 0.387. The van der Waals surface area contributed by atoms with Gasteiger partial charge in [0.1, 0.15) is 23.7 Å². The van der Waals surface area contributed by atoms with Crippen LogP contribution in [0.2, 0.25) is 0 Å². The van der Waals surface area contributed by atoms with Crippen molar-refractivity contribution in [3.8, 4) is 23.3 Å². The second-order valence-electron chi connectivity index (χ2n) is 10.6. The largest absolute Gasteiger partial charge is 0.494 e. The number of aliphatic hydroxyl groups excluding tert-OH is 1. The van der Waals surface area contributed by atoms with Crippen LogP contribution >= 0.6 is 0 Å². The van der Waals surface area contributed by atoms with E-state index in [0.29, 0.717) is 41.8 Å². The number of nitrogens with one attached hydrogen (secondary N) is 3. The van der Waals surface area contributed by atoms with Crippen LogP contribution in [0.1, 0.15) is 31.4 Å². The molecule has 3 aromatic rings. The summed E-state index contributed by atoms with van der Waals surface area (Å²) in [6.07, 6.45) is 0.116. The molecular weight excluding hydrogens is 602 g/mol. The average Bonchev–Trinajstić information content (AvgIpc) is 3.52. The standard InChI is InChI=1S/C31H37N5O8S/c1-21(18-36-45(39,40)26-9-10-27-29(15-26)43-20-42-27)17-35-31(38)44-28(22(2)37)14-23-4-7-25(8-5-23)41-13-3-12-33-30-11-6-24(16-32)19-34-30/h4-11,15,19,21-22,28,36-37H,3,12-14,17-18,20H2,1-2H3,(H,33,34)(H,35,38)/t21?,22-,28+/m1/s1. The van der Waals surface area contributed by atoms with Gasteiger partial charge in [0, 0.05) is 38.3 Å². The van der Waals surface area contributed by atoms with Crippen molar-refractivity contribution in [2.75, 3.05) is 38.4 Å². The molecule has 2 aromatic carbocycles. The lowest BCUT2D eigenvalue weighted by Crippen LogP contribution is -2.39. The minimum absolute atomic E-state index is 0.0450. The smallest absolute Gasteiger partial charge is 0.407 e. The van der Waals surface area contributed by atoms with Gasteiger partial charge in [0.15, 0.2) is 11.5 Å². The maximum Gasteiger partial charge on any atom is 0.407 e. The van der Waals surface area contributed by atoms with E-state index in [-0.39, 0.29) is 37.1 Å². The Balaban J connectivity index is 1.14. The molecule has 0 bridgehead atoms. The lowest BCUT2D eigenvalue weighted by atomic mass is 10.0. The van der Waals surface area contributed by atoms with E-state index in [9.17, 15) is 18.3 Å². The third-order valence-electron chi connectivity index (χ3n) is 6.82. The van der Waals surface area contributed by atoms with Crippen LogP contribution in [-0.2, 0) is 21.2 Å². The van der Waals surface area contributed by atoms with Gasteiger partial charge in [0.2, 0.25) is 16.8 Å². The van der Waals surface area contributed by atoms with Gasteiger partial charge < -0.3 is 34.7 Å². The van der Waals surface area contributed by atoms with Crippen LogP contribution in [0, 0.1) is 17.2 Å². The van der Waals surface area contributed by atoms with Crippen LogP contribution in [0.5, 0.6) is 17.2 Å². The zero-order valence-corrected chi connectivity index (χ0v) is 25.9. The number of carbonyl (C=O) groups is 1. The monoisotopic (exact) mass is 639 g/mol. The molecule has 4 N–H and O–H groups in total. The van der Waals surface area contributed by atoms with Crippen LogP contribution < -0.4 is 29.6 Å². The molecule has 1 unspecified atom stereocenters. The van der Waals surface area contributed by atoms with Crippen molar-refractivity contribution in [3.05, 3.63) is 71.9 Å². The number of sulfonamides is 1. The van der Waals surface area contributed by atoms with Crippen LogP contribution in [-0.4, -0.2) is 69.8 Å². The second-order valence-corrected chi connectivity index (χ2v) is 12.3. The first-order valence-corrected chi connectivity index (χ1v) is 15.9. The van der Waals surface area contributed by atoms with E-state index in [4.69, 9.17) is 24.2 Å². The second kappa shape index (κ2) is 15.9. The van der Waals surface area contributed by atoms with Gasteiger partial charge in [-0.25, -0.2) is 22.9 Å². The fourth-order valence-corrected chi connectivity index (χ4v) is 5.38. The van der Waals surface area contributed by atoms with Crippen molar-refractivity contribution < 1.29 is 37.3 Å². The topological polar surface area (TPSA) is 181 Å². The molecule has 4 rings (SSSR count). The molecule has 1 aliphatic heterocycles. The number of hydrogen-bond donors (Lipinski definition) is 4. The van der Waals surface area contributed by atoms with E-state index in [2.05, 4.69) is 20.3 Å². The van der Waals surface area contributed by atoms with Crippen molar-refractivity contribution in [1.29, 1.82) is 5.26 Å². The highest BCUT2D eigenvalue weighted by Gasteiger charge is 2.23. The molecule has 1 amide bonds. The number of anilines is 1. The molecule has 2 heterocycles. The van der Waals surface area contributed by atoms with Crippen LogP contribution in [0.4, 0.5) is 10.6 Å². The summed E-state index contributed by atoms with van der Waals surface area (Å²) < 4.78 is 49.6. The SMILES string of the molecule is CC(CNC(=O)O[C@@H](Cc1ccc(OCCCNc2ccc(C#N)cn2)cc1)[C@@H](C)O)CNS(=O)(=O)c1ccc2c(c1)OCO2. The number of rotatable bonds is 16. The first-order valence-electron chi connectivity index (χ1n) is 14.5. The lowest BCUT2D eigenvalue weighted by molar-refractivity contribution is 0.0121. The van der Waals surface area contributed by atoms with E-state index >= 15 is 0 Å². The number of pyridine rings is 1. The summed E-state index contributed by atoms with van der Waals surface area (Å²) in [5.74, 6) is 1.99. The molecule has 45 heavy (non-hydrogen) atoms. The first-order chi connectivity index (χ1) is 21.6. The van der Waals surface area contributed by atoms with Gasteiger partial charge in [-0.05, 0) is 61.2 Å². The van der Waals surface area contributed by atoms with Crippen molar-refractivity contribution >= 4 is 21.9 Å². The van der Waals surface area contributed by atoms with Gasteiger partial charge in [-0.2, -0.15) is 5.26 Å². The van der Waals surface area contributed by atoms with E-state index < -0.39 is 28.3 Å². The highest BCUT2D eigenvalue weighted by atomic mass is 32.2. The molecular formula is C31H37N5O8S. The summed E-state index contributed by atoms with van der Waals surface area (Å²) in [7, 11) is -3.79. The number of hydrogen-bond acceptors (Lipinski definition) is 11. The van der Waals surface area contributed by atoms with Gasteiger partial charge in [-0.15, -0.1) is 0 Å². The number of alkyl carbamates (subject to hydrolysis) is 1. The van der Waals surface area contributed by atoms with Gasteiger partial charge in [-0.1, -0.05) is 19.1 Å². The Kier molecular flexibility index (Phi) is 11.8. The lowest BCUT2D eigenvalue weighted by Gasteiger charge is -2.22. The summed E-state index contributed by atoms with van der Waals surface area (Å²) in [5.41, 5.74) is 1.35. The number of ether oxygens (including phenoxy) is 4. The molecule has 14 heteroatoms. The van der Waals surface area contributed by atoms with E-state index in [1.807, 2.05) is 30.3 Å². The summed E-state index contributed by atoms with van der Waals surface area (Å²) in [4.78, 5) is 16.7. The molecule has 0 aliphatic carbocycles. The van der Waals surface area contributed by atoms with Crippen molar-refractivity contribution in [1.82, 2.24) is 15.0 Å². The average molecular weight is 640 g/mol. The third-order valence-corrected chi connectivity index (χ3v) is 8.24. The molecule has 0 saturated carbocycles. The normalized spacial score (nSPS) is 14.1. The molecule has 3 atom stereocenters.